The molecule has 2 aliphatic heterocycles. The van der Waals surface area contributed by atoms with Gasteiger partial charge in [0.15, 0.2) is 11.5 Å². The van der Waals surface area contributed by atoms with Gasteiger partial charge in [-0.1, -0.05) is 60.1 Å². The first-order valence-electron chi connectivity index (χ1n) is 15.1. The number of nitrogens with zero attached hydrogens (tertiary/aromatic N) is 3. The molecule has 1 fully saturated rings. The van der Waals surface area contributed by atoms with Crippen molar-refractivity contribution < 1.29 is 18.7 Å². The lowest BCUT2D eigenvalue weighted by Gasteiger charge is -2.36. The molecule has 0 aliphatic carbocycles. The lowest BCUT2D eigenvalue weighted by molar-refractivity contribution is -0.117. The number of carbonyl (C=O) groups is 2. The fourth-order valence-electron chi connectivity index (χ4n) is 5.60. The third-order valence-corrected chi connectivity index (χ3v) is 8.31. The van der Waals surface area contributed by atoms with E-state index in [4.69, 9.17) is 16.3 Å². The highest BCUT2D eigenvalue weighted by molar-refractivity contribution is 6.30. The Kier molecular flexibility index (Phi) is 9.43. The van der Waals surface area contributed by atoms with Crippen molar-refractivity contribution in [2.24, 2.45) is 0 Å². The van der Waals surface area contributed by atoms with Crippen molar-refractivity contribution in [3.05, 3.63) is 130 Å². The number of rotatable bonds is 9. The molecule has 45 heavy (non-hydrogen) atoms. The normalized spacial score (nSPS) is 16.0. The summed E-state index contributed by atoms with van der Waals surface area (Å²) in [5, 5.41) is 3.63. The maximum Gasteiger partial charge on any atom is 0.294 e. The molecule has 0 bridgehead atoms. The molecular weight excluding hydrogens is 591 g/mol. The Labute approximate surface area is 267 Å². The first-order valence-corrected chi connectivity index (χ1v) is 15.5. The summed E-state index contributed by atoms with van der Waals surface area (Å²) in [6.07, 6.45) is 2.52. The van der Waals surface area contributed by atoms with Gasteiger partial charge in [-0.3, -0.25) is 19.4 Å². The summed E-state index contributed by atoms with van der Waals surface area (Å²) in [4.78, 5) is 32.4. The molecule has 0 radical (unpaired) electrons. The van der Waals surface area contributed by atoms with Crippen molar-refractivity contribution in [3.63, 3.8) is 0 Å². The van der Waals surface area contributed by atoms with Crippen LogP contribution in [-0.4, -0.2) is 56.0 Å². The molecule has 0 aromatic heterocycles. The van der Waals surface area contributed by atoms with Crippen LogP contribution < -0.4 is 19.9 Å². The number of hydrogen-bond donors (Lipinski definition) is 1. The molecule has 2 heterocycles. The number of nitrogens with one attached hydrogen (secondary N) is 1. The highest BCUT2D eigenvalue weighted by atomic mass is 35.5. The Balaban J connectivity index is 1.01. The van der Waals surface area contributed by atoms with Crippen molar-refractivity contribution in [1.82, 2.24) is 10.2 Å². The van der Waals surface area contributed by atoms with E-state index in [0.717, 1.165) is 50.3 Å². The minimum atomic E-state index is -0.251. The van der Waals surface area contributed by atoms with Crippen LogP contribution in [0, 0.1) is 5.82 Å². The summed E-state index contributed by atoms with van der Waals surface area (Å²) in [6, 6.07) is 28.8. The van der Waals surface area contributed by atoms with Crippen molar-refractivity contribution in [2.45, 2.75) is 13.0 Å². The zero-order chi connectivity index (χ0) is 31.2. The van der Waals surface area contributed by atoms with Gasteiger partial charge in [-0.25, -0.2) is 4.39 Å². The summed E-state index contributed by atoms with van der Waals surface area (Å²) in [5.41, 5.74) is 3.59. The Bertz CT molecular complexity index is 1690. The smallest absolute Gasteiger partial charge is 0.294 e. The first kappa shape index (κ1) is 30.4. The average molecular weight is 625 g/mol. The van der Waals surface area contributed by atoms with E-state index in [1.165, 1.54) is 6.07 Å². The number of hydrogen-bond acceptors (Lipinski definition) is 5. The predicted molar refractivity (Wildman–Crippen MR) is 176 cm³/mol. The van der Waals surface area contributed by atoms with Crippen molar-refractivity contribution in [3.8, 4) is 5.75 Å². The number of amides is 2. The lowest BCUT2D eigenvalue weighted by atomic mass is 10.1. The minimum Gasteiger partial charge on any atom is -0.449 e. The number of carbonyl (C=O) groups excluding carboxylic acids is 2. The van der Waals surface area contributed by atoms with Crippen molar-refractivity contribution in [2.75, 3.05) is 49.1 Å². The Morgan fingerprint density at radius 3 is 2.29 bits per heavy atom. The van der Waals surface area contributed by atoms with Crippen LogP contribution in [0.2, 0.25) is 5.02 Å². The van der Waals surface area contributed by atoms with Crippen LogP contribution >= 0.6 is 11.6 Å². The van der Waals surface area contributed by atoms with E-state index < -0.39 is 0 Å². The Morgan fingerprint density at radius 2 is 1.56 bits per heavy atom. The Hall–Kier alpha value is -4.66. The van der Waals surface area contributed by atoms with Crippen LogP contribution in [0.25, 0.3) is 6.08 Å². The zero-order valence-corrected chi connectivity index (χ0v) is 25.6. The summed E-state index contributed by atoms with van der Waals surface area (Å²) in [6.45, 7) is 5.06. The molecule has 2 aliphatic rings. The Morgan fingerprint density at radius 1 is 0.867 bits per heavy atom. The molecule has 1 N–H and O–H groups in total. The number of piperazine rings is 1. The molecule has 0 atom stereocenters. The zero-order valence-electron chi connectivity index (χ0n) is 24.8. The van der Waals surface area contributed by atoms with Gasteiger partial charge >= 0.3 is 0 Å². The van der Waals surface area contributed by atoms with Crippen LogP contribution in [0.4, 0.5) is 15.8 Å². The van der Waals surface area contributed by atoms with E-state index in [1.807, 2.05) is 48.5 Å². The molecule has 0 saturated carbocycles. The van der Waals surface area contributed by atoms with Crippen molar-refractivity contribution in [1.29, 1.82) is 0 Å². The van der Waals surface area contributed by atoms with Gasteiger partial charge in [0.2, 0.25) is 0 Å². The van der Waals surface area contributed by atoms with E-state index in [-0.39, 0.29) is 23.4 Å². The molecule has 2 amide bonds. The predicted octanol–water partition coefficient (Wildman–Crippen LogP) is 6.39. The van der Waals surface area contributed by atoms with Gasteiger partial charge in [0.1, 0.15) is 5.82 Å². The van der Waals surface area contributed by atoms with Crippen LogP contribution in [0.3, 0.4) is 0 Å². The van der Waals surface area contributed by atoms with E-state index >= 15 is 0 Å². The number of para-hydroxylation sites is 3. The summed E-state index contributed by atoms with van der Waals surface area (Å²) in [7, 11) is 0. The number of ether oxygens (including phenoxy) is 1. The molecule has 7 nitrogen and oxygen atoms in total. The maximum atomic E-state index is 14.1. The fraction of sp³-hybridized carbons (Fsp3) is 0.222. The average Bonchev–Trinajstić information content (AvgIpc) is 3.07. The third-order valence-electron chi connectivity index (χ3n) is 8.06. The summed E-state index contributed by atoms with van der Waals surface area (Å²) in [5.74, 6) is 0.220. The van der Waals surface area contributed by atoms with Crippen molar-refractivity contribution >= 4 is 40.9 Å². The van der Waals surface area contributed by atoms with Gasteiger partial charge in [0.05, 0.1) is 17.9 Å². The number of halogens is 2. The van der Waals surface area contributed by atoms with Gasteiger partial charge in [-0.2, -0.15) is 0 Å². The largest absolute Gasteiger partial charge is 0.449 e. The second-order valence-electron chi connectivity index (χ2n) is 11.1. The first-order chi connectivity index (χ1) is 21.9. The standard InChI is InChI=1S/C36H34ClFN4O3/c37-29-16-12-27(13-17-29)25-42-32-8-3-4-9-33(32)45-34(36(42)44)24-26-10-14-28(15-11-26)35(43)39-18-5-19-40-20-22-41(23-21-40)31-7-2-1-6-30(31)38/h1-4,6-17,24H,5,18-23,25H2,(H,39,43)/b34-24-. The second-order valence-corrected chi connectivity index (χ2v) is 11.5. The quantitative estimate of drug-likeness (QED) is 0.173. The summed E-state index contributed by atoms with van der Waals surface area (Å²) < 4.78 is 20.1. The molecule has 6 rings (SSSR count). The van der Waals surface area contributed by atoms with Crippen LogP contribution in [0.15, 0.2) is 103 Å². The van der Waals surface area contributed by atoms with Crippen LogP contribution in [0.5, 0.6) is 5.75 Å². The molecule has 9 heteroatoms. The van der Waals surface area contributed by atoms with E-state index in [9.17, 15) is 14.0 Å². The van der Waals surface area contributed by atoms with E-state index in [1.54, 1.807) is 53.4 Å². The maximum absolute atomic E-state index is 14.1. The monoisotopic (exact) mass is 624 g/mol. The summed E-state index contributed by atoms with van der Waals surface area (Å²) >= 11 is 6.05. The molecule has 4 aromatic carbocycles. The lowest BCUT2D eigenvalue weighted by Crippen LogP contribution is -2.47. The van der Waals surface area contributed by atoms with E-state index in [0.29, 0.717) is 40.8 Å². The molecule has 0 spiro atoms. The molecule has 1 saturated heterocycles. The van der Waals surface area contributed by atoms with Gasteiger partial charge in [0, 0.05) is 43.3 Å². The van der Waals surface area contributed by atoms with Gasteiger partial charge in [0.25, 0.3) is 11.8 Å². The van der Waals surface area contributed by atoms with E-state index in [2.05, 4.69) is 15.1 Å². The molecule has 0 unspecified atom stereocenters. The fourth-order valence-corrected chi connectivity index (χ4v) is 5.73. The highest BCUT2D eigenvalue weighted by Gasteiger charge is 2.30. The number of fused-ring (bicyclic) bond motifs is 1. The van der Waals surface area contributed by atoms with Crippen LogP contribution in [0.1, 0.15) is 27.9 Å². The topological polar surface area (TPSA) is 65.1 Å². The molecule has 230 valence electrons. The third kappa shape index (κ3) is 7.36. The minimum absolute atomic E-state index is 0.147. The number of anilines is 2. The second kappa shape index (κ2) is 14.0. The van der Waals surface area contributed by atoms with Gasteiger partial charge in [-0.05, 0) is 78.7 Å². The molecular formula is C36H34ClFN4O3. The number of benzene rings is 4. The van der Waals surface area contributed by atoms with Gasteiger partial charge in [-0.15, -0.1) is 0 Å². The molecule has 4 aromatic rings. The SMILES string of the molecule is O=C(NCCCN1CCN(c2ccccc2F)CC1)c1ccc(/C=C2\Oc3ccccc3N(Cc3ccc(Cl)cc3)C2=O)cc1. The highest BCUT2D eigenvalue weighted by Crippen LogP contribution is 2.36. The van der Waals surface area contributed by atoms with Gasteiger partial charge < -0.3 is 15.0 Å². The van der Waals surface area contributed by atoms with Crippen LogP contribution in [-0.2, 0) is 11.3 Å².